The topological polar surface area (TPSA) is 49.4 Å². The molecular weight excluding hydrogens is 271 g/mol. The molecule has 1 heterocycles. The van der Waals surface area contributed by atoms with E-state index in [1.807, 2.05) is 4.90 Å². The lowest BCUT2D eigenvalue weighted by molar-refractivity contribution is -0.132. The number of nitrogens with one attached hydrogen (secondary N) is 1. The fourth-order valence-electron chi connectivity index (χ4n) is 2.56. The highest BCUT2D eigenvalue weighted by Gasteiger charge is 2.20. The molecule has 0 aliphatic carbocycles. The van der Waals surface area contributed by atoms with Crippen molar-refractivity contribution in [3.63, 3.8) is 0 Å². The van der Waals surface area contributed by atoms with Crippen LogP contribution in [0.3, 0.4) is 0 Å². The van der Waals surface area contributed by atoms with E-state index in [0.29, 0.717) is 24.4 Å². The SMILES string of the molecule is C[C@H]1CCCN(C(=O)CCNC(=O)c2ccc(F)cc2)C1. The Balaban J connectivity index is 1.74. The third-order valence-corrected chi connectivity index (χ3v) is 3.74. The van der Waals surface area contributed by atoms with Gasteiger partial charge in [-0.25, -0.2) is 4.39 Å². The third kappa shape index (κ3) is 4.55. The summed E-state index contributed by atoms with van der Waals surface area (Å²) in [6, 6.07) is 5.35. The van der Waals surface area contributed by atoms with Crippen LogP contribution >= 0.6 is 0 Å². The molecule has 0 radical (unpaired) electrons. The van der Waals surface area contributed by atoms with E-state index in [-0.39, 0.29) is 17.6 Å². The van der Waals surface area contributed by atoms with Crippen LogP contribution in [0.2, 0.25) is 0 Å². The molecule has 1 aliphatic heterocycles. The van der Waals surface area contributed by atoms with E-state index in [2.05, 4.69) is 12.2 Å². The predicted molar refractivity (Wildman–Crippen MR) is 78.3 cm³/mol. The van der Waals surface area contributed by atoms with Crippen molar-refractivity contribution in [2.45, 2.75) is 26.2 Å². The van der Waals surface area contributed by atoms with Crippen molar-refractivity contribution in [1.29, 1.82) is 0 Å². The van der Waals surface area contributed by atoms with E-state index in [1.165, 1.54) is 30.7 Å². The van der Waals surface area contributed by atoms with E-state index < -0.39 is 0 Å². The van der Waals surface area contributed by atoms with Crippen LogP contribution in [-0.2, 0) is 4.79 Å². The predicted octanol–water partition coefficient (Wildman–Crippen LogP) is 2.20. The summed E-state index contributed by atoms with van der Waals surface area (Å²) in [5, 5.41) is 2.69. The maximum atomic E-state index is 12.8. The lowest BCUT2D eigenvalue weighted by Gasteiger charge is -2.31. The summed E-state index contributed by atoms with van der Waals surface area (Å²) >= 11 is 0. The Labute approximate surface area is 124 Å². The zero-order valence-electron chi connectivity index (χ0n) is 12.3. The van der Waals surface area contributed by atoms with Crippen LogP contribution in [0.25, 0.3) is 0 Å². The average molecular weight is 292 g/mol. The minimum Gasteiger partial charge on any atom is -0.352 e. The van der Waals surface area contributed by atoms with Gasteiger partial charge in [0.25, 0.3) is 5.91 Å². The molecule has 1 saturated heterocycles. The first-order valence-corrected chi connectivity index (χ1v) is 7.38. The number of benzene rings is 1. The molecule has 1 aliphatic rings. The first kappa shape index (κ1) is 15.5. The molecule has 1 atom stereocenters. The van der Waals surface area contributed by atoms with Crippen LogP contribution in [0.5, 0.6) is 0 Å². The molecule has 21 heavy (non-hydrogen) atoms. The normalized spacial score (nSPS) is 18.4. The number of piperidine rings is 1. The second kappa shape index (κ2) is 7.20. The lowest BCUT2D eigenvalue weighted by atomic mass is 10.00. The van der Waals surface area contributed by atoms with Crippen molar-refractivity contribution in [3.05, 3.63) is 35.6 Å². The van der Waals surface area contributed by atoms with Gasteiger partial charge in [0, 0.05) is 31.6 Å². The van der Waals surface area contributed by atoms with Gasteiger partial charge in [0.2, 0.25) is 5.91 Å². The second-order valence-corrected chi connectivity index (χ2v) is 5.60. The first-order chi connectivity index (χ1) is 10.1. The molecule has 0 bridgehead atoms. The van der Waals surface area contributed by atoms with Gasteiger partial charge in [0.05, 0.1) is 0 Å². The van der Waals surface area contributed by atoms with E-state index in [1.54, 1.807) is 0 Å². The van der Waals surface area contributed by atoms with Gasteiger partial charge in [0.1, 0.15) is 5.82 Å². The van der Waals surface area contributed by atoms with Crippen LogP contribution in [-0.4, -0.2) is 36.3 Å². The van der Waals surface area contributed by atoms with Crippen molar-refractivity contribution in [2.75, 3.05) is 19.6 Å². The minimum absolute atomic E-state index is 0.0842. The molecule has 2 rings (SSSR count). The van der Waals surface area contributed by atoms with Gasteiger partial charge in [-0.05, 0) is 43.0 Å². The molecule has 0 aromatic heterocycles. The molecule has 1 aromatic rings. The van der Waals surface area contributed by atoms with Gasteiger partial charge >= 0.3 is 0 Å². The summed E-state index contributed by atoms with van der Waals surface area (Å²) in [5.41, 5.74) is 0.399. The molecule has 5 heteroatoms. The smallest absolute Gasteiger partial charge is 0.251 e. The fraction of sp³-hybridized carbons (Fsp3) is 0.500. The maximum absolute atomic E-state index is 12.8. The average Bonchev–Trinajstić information content (AvgIpc) is 2.47. The Kier molecular flexibility index (Phi) is 5.31. The second-order valence-electron chi connectivity index (χ2n) is 5.60. The maximum Gasteiger partial charge on any atom is 0.251 e. The Morgan fingerprint density at radius 1 is 1.33 bits per heavy atom. The van der Waals surface area contributed by atoms with Gasteiger partial charge in [-0.15, -0.1) is 0 Å². The van der Waals surface area contributed by atoms with Crippen molar-refractivity contribution >= 4 is 11.8 Å². The molecule has 0 spiro atoms. The van der Waals surface area contributed by atoms with Crippen molar-refractivity contribution < 1.29 is 14.0 Å². The molecule has 2 amide bonds. The van der Waals surface area contributed by atoms with Crippen LogP contribution in [0.4, 0.5) is 4.39 Å². The molecule has 4 nitrogen and oxygen atoms in total. The number of amides is 2. The highest BCUT2D eigenvalue weighted by atomic mass is 19.1. The van der Waals surface area contributed by atoms with Gasteiger partial charge in [-0.3, -0.25) is 9.59 Å². The van der Waals surface area contributed by atoms with Crippen LogP contribution < -0.4 is 5.32 Å². The zero-order chi connectivity index (χ0) is 15.2. The van der Waals surface area contributed by atoms with Crippen LogP contribution in [0.1, 0.15) is 36.5 Å². The highest BCUT2D eigenvalue weighted by molar-refractivity contribution is 5.94. The van der Waals surface area contributed by atoms with Crippen LogP contribution in [0, 0.1) is 11.7 Å². The lowest BCUT2D eigenvalue weighted by Crippen LogP contribution is -2.40. The summed E-state index contributed by atoms with van der Waals surface area (Å²) in [7, 11) is 0. The van der Waals surface area contributed by atoms with Crippen molar-refractivity contribution in [1.82, 2.24) is 10.2 Å². The number of nitrogens with zero attached hydrogens (tertiary/aromatic N) is 1. The number of rotatable bonds is 4. The zero-order valence-corrected chi connectivity index (χ0v) is 12.3. The Bertz CT molecular complexity index is 502. The molecule has 0 saturated carbocycles. The third-order valence-electron chi connectivity index (χ3n) is 3.74. The van der Waals surface area contributed by atoms with E-state index in [4.69, 9.17) is 0 Å². The summed E-state index contributed by atoms with van der Waals surface area (Å²) in [4.78, 5) is 25.7. The number of hydrogen-bond acceptors (Lipinski definition) is 2. The number of likely N-dealkylation sites (tertiary alicyclic amines) is 1. The van der Waals surface area contributed by atoms with E-state index >= 15 is 0 Å². The fourth-order valence-corrected chi connectivity index (χ4v) is 2.56. The number of carbonyl (C=O) groups excluding carboxylic acids is 2. The van der Waals surface area contributed by atoms with Crippen LogP contribution in [0.15, 0.2) is 24.3 Å². The van der Waals surface area contributed by atoms with E-state index in [9.17, 15) is 14.0 Å². The first-order valence-electron chi connectivity index (χ1n) is 7.38. The van der Waals surface area contributed by atoms with Crippen molar-refractivity contribution in [3.8, 4) is 0 Å². The summed E-state index contributed by atoms with van der Waals surface area (Å²) < 4.78 is 12.8. The quantitative estimate of drug-likeness (QED) is 0.925. The monoisotopic (exact) mass is 292 g/mol. The molecule has 1 aromatic carbocycles. The van der Waals surface area contributed by atoms with E-state index in [0.717, 1.165) is 19.5 Å². The van der Waals surface area contributed by atoms with Gasteiger partial charge in [-0.1, -0.05) is 6.92 Å². The molecule has 0 unspecified atom stereocenters. The molecule has 1 N–H and O–H groups in total. The Morgan fingerprint density at radius 2 is 2.05 bits per heavy atom. The summed E-state index contributed by atoms with van der Waals surface area (Å²) in [5.74, 6) is -0.0202. The number of hydrogen-bond donors (Lipinski definition) is 1. The minimum atomic E-state index is -0.374. The number of carbonyl (C=O) groups is 2. The number of halogens is 1. The van der Waals surface area contributed by atoms with Gasteiger partial charge in [-0.2, -0.15) is 0 Å². The largest absolute Gasteiger partial charge is 0.352 e. The van der Waals surface area contributed by atoms with Gasteiger partial charge < -0.3 is 10.2 Å². The molecule has 114 valence electrons. The summed E-state index contributed by atoms with van der Waals surface area (Å²) in [6.07, 6.45) is 2.53. The Morgan fingerprint density at radius 3 is 2.71 bits per heavy atom. The molecule has 1 fully saturated rings. The highest BCUT2D eigenvalue weighted by Crippen LogP contribution is 2.15. The van der Waals surface area contributed by atoms with Gasteiger partial charge in [0.15, 0.2) is 0 Å². The summed E-state index contributed by atoms with van der Waals surface area (Å²) in [6.45, 7) is 4.08. The van der Waals surface area contributed by atoms with Crippen molar-refractivity contribution in [2.24, 2.45) is 5.92 Å². The standard InChI is InChI=1S/C16H21FN2O2/c1-12-3-2-10-19(11-12)15(20)8-9-18-16(21)13-4-6-14(17)7-5-13/h4-7,12H,2-3,8-11H2,1H3,(H,18,21)/t12-/m0/s1. The molecular formula is C16H21FN2O2. The Hall–Kier alpha value is -1.91.